The van der Waals surface area contributed by atoms with Crippen molar-refractivity contribution in [1.82, 2.24) is 5.32 Å². The van der Waals surface area contributed by atoms with Crippen molar-refractivity contribution in [2.24, 2.45) is 0 Å². The number of rotatable bonds is 5. The first-order chi connectivity index (χ1) is 10.0. The molecule has 2 aromatic rings. The molecule has 0 fully saturated rings. The van der Waals surface area contributed by atoms with Gasteiger partial charge in [-0.15, -0.1) is 0 Å². The Morgan fingerprint density at radius 1 is 1.38 bits per heavy atom. The Morgan fingerprint density at radius 3 is 2.76 bits per heavy atom. The number of carbonyl (C=O) groups is 2. The van der Waals surface area contributed by atoms with E-state index in [4.69, 9.17) is 9.52 Å². The molecule has 21 heavy (non-hydrogen) atoms. The molecule has 7 heteroatoms. The fraction of sp³-hybridized carbons (Fsp3) is 0.214. The van der Waals surface area contributed by atoms with E-state index in [1.165, 1.54) is 13.2 Å². The van der Waals surface area contributed by atoms with Gasteiger partial charge in [0, 0.05) is 12.5 Å². The van der Waals surface area contributed by atoms with Crippen LogP contribution in [0.4, 0.5) is 0 Å². The van der Waals surface area contributed by atoms with E-state index >= 15 is 0 Å². The zero-order chi connectivity index (χ0) is 15.4. The lowest BCUT2D eigenvalue weighted by Crippen LogP contribution is -2.39. The Hall–Kier alpha value is -2.67. The molecule has 2 N–H and O–H groups in total. The lowest BCUT2D eigenvalue weighted by atomic mass is 10.2. The summed E-state index contributed by atoms with van der Waals surface area (Å²) in [5.74, 6) is -1.92. The second-order valence-electron chi connectivity index (χ2n) is 4.26. The molecule has 0 spiro atoms. The van der Waals surface area contributed by atoms with Crippen LogP contribution >= 0.6 is 0 Å². The van der Waals surface area contributed by atoms with Gasteiger partial charge >= 0.3 is 11.6 Å². The highest BCUT2D eigenvalue weighted by atomic mass is 16.5. The van der Waals surface area contributed by atoms with Crippen LogP contribution in [0.5, 0.6) is 0 Å². The smallest absolute Gasteiger partial charge is 0.349 e. The van der Waals surface area contributed by atoms with E-state index in [1.807, 2.05) is 0 Å². The fourth-order valence-corrected chi connectivity index (χ4v) is 1.77. The number of hydrogen-bond acceptors (Lipinski definition) is 5. The zero-order valence-corrected chi connectivity index (χ0v) is 11.2. The van der Waals surface area contributed by atoms with E-state index < -0.39 is 23.6 Å². The van der Waals surface area contributed by atoms with Gasteiger partial charge in [0.05, 0.1) is 6.54 Å². The predicted octanol–water partition coefficient (Wildman–Crippen LogP) is 0.622. The Balaban J connectivity index is 2.21. The SMILES string of the molecule is COC(CNC(=O)c1cc2ccccc2oc1=O)C(=O)O. The summed E-state index contributed by atoms with van der Waals surface area (Å²) < 4.78 is 9.71. The van der Waals surface area contributed by atoms with Crippen LogP contribution in [0.15, 0.2) is 39.5 Å². The van der Waals surface area contributed by atoms with Gasteiger partial charge in [-0.1, -0.05) is 18.2 Å². The number of carboxylic acids is 1. The minimum Gasteiger partial charge on any atom is -0.479 e. The van der Waals surface area contributed by atoms with Crippen LogP contribution in [0.3, 0.4) is 0 Å². The van der Waals surface area contributed by atoms with Gasteiger partial charge in [0.25, 0.3) is 5.91 Å². The van der Waals surface area contributed by atoms with E-state index in [-0.39, 0.29) is 12.1 Å². The Morgan fingerprint density at radius 2 is 2.10 bits per heavy atom. The lowest BCUT2D eigenvalue weighted by molar-refractivity contribution is -0.148. The summed E-state index contributed by atoms with van der Waals surface area (Å²) in [5, 5.41) is 11.7. The number of carboxylic acid groups (broad SMARTS) is 1. The number of aliphatic carboxylic acids is 1. The van der Waals surface area contributed by atoms with Gasteiger partial charge in [-0.05, 0) is 12.1 Å². The largest absolute Gasteiger partial charge is 0.479 e. The average Bonchev–Trinajstić information content (AvgIpc) is 2.46. The summed E-state index contributed by atoms with van der Waals surface area (Å²) in [5.41, 5.74) is -0.594. The van der Waals surface area contributed by atoms with Crippen molar-refractivity contribution < 1.29 is 23.8 Å². The fourth-order valence-electron chi connectivity index (χ4n) is 1.77. The molecule has 0 bridgehead atoms. The molecule has 0 aliphatic rings. The molecule has 7 nitrogen and oxygen atoms in total. The van der Waals surface area contributed by atoms with Crippen molar-refractivity contribution in [1.29, 1.82) is 0 Å². The molecule has 0 aliphatic heterocycles. The number of methoxy groups -OCH3 is 1. The second kappa shape index (κ2) is 6.19. The maximum Gasteiger partial charge on any atom is 0.349 e. The highest BCUT2D eigenvalue weighted by Gasteiger charge is 2.19. The summed E-state index contributed by atoms with van der Waals surface area (Å²) in [7, 11) is 1.22. The minimum absolute atomic E-state index is 0.186. The Bertz CT molecular complexity index is 736. The van der Waals surface area contributed by atoms with Gasteiger partial charge in [-0.3, -0.25) is 4.79 Å². The molecule has 110 valence electrons. The normalized spacial score (nSPS) is 12.0. The average molecular weight is 291 g/mol. The molecule has 0 aliphatic carbocycles. The third-order valence-electron chi connectivity index (χ3n) is 2.89. The Labute approximate surface area is 119 Å². The van der Waals surface area contributed by atoms with Crippen LogP contribution in [0, 0.1) is 0 Å². The van der Waals surface area contributed by atoms with Gasteiger partial charge in [0.2, 0.25) is 0 Å². The summed E-state index contributed by atoms with van der Waals surface area (Å²) in [6, 6.07) is 8.17. The number of ether oxygens (including phenoxy) is 1. The van der Waals surface area contributed by atoms with Crippen LogP contribution in [-0.4, -0.2) is 36.7 Å². The maximum atomic E-state index is 11.9. The number of hydrogen-bond donors (Lipinski definition) is 2. The summed E-state index contributed by atoms with van der Waals surface area (Å²) >= 11 is 0. The number of para-hydroxylation sites is 1. The predicted molar refractivity (Wildman–Crippen MR) is 73.3 cm³/mol. The summed E-state index contributed by atoms with van der Waals surface area (Å²) in [6.45, 7) is -0.253. The maximum absolute atomic E-state index is 11.9. The van der Waals surface area contributed by atoms with Gasteiger partial charge in [0.1, 0.15) is 11.1 Å². The molecule has 1 unspecified atom stereocenters. The van der Waals surface area contributed by atoms with Crippen molar-refractivity contribution in [3.05, 3.63) is 46.3 Å². The summed E-state index contributed by atoms with van der Waals surface area (Å²) in [6.07, 6.45) is -1.18. The minimum atomic E-state index is -1.21. The number of amides is 1. The third-order valence-corrected chi connectivity index (χ3v) is 2.89. The van der Waals surface area contributed by atoms with Crippen LogP contribution in [0.1, 0.15) is 10.4 Å². The molecule has 0 saturated carbocycles. The molecule has 1 amide bonds. The highest BCUT2D eigenvalue weighted by Crippen LogP contribution is 2.12. The van der Waals surface area contributed by atoms with Crippen molar-refractivity contribution in [3.8, 4) is 0 Å². The molecular weight excluding hydrogens is 278 g/mol. The van der Waals surface area contributed by atoms with E-state index in [9.17, 15) is 14.4 Å². The highest BCUT2D eigenvalue weighted by molar-refractivity contribution is 5.96. The van der Waals surface area contributed by atoms with E-state index in [0.29, 0.717) is 11.0 Å². The molecule has 0 radical (unpaired) electrons. The van der Waals surface area contributed by atoms with Gasteiger partial charge in [-0.25, -0.2) is 9.59 Å². The van der Waals surface area contributed by atoms with Gasteiger partial charge < -0.3 is 19.6 Å². The molecule has 1 atom stereocenters. The van der Waals surface area contributed by atoms with Crippen molar-refractivity contribution in [2.45, 2.75) is 6.10 Å². The lowest BCUT2D eigenvalue weighted by Gasteiger charge is -2.11. The topological polar surface area (TPSA) is 106 Å². The van der Waals surface area contributed by atoms with Gasteiger partial charge in [0.15, 0.2) is 6.10 Å². The van der Waals surface area contributed by atoms with Crippen LogP contribution in [0.2, 0.25) is 0 Å². The first-order valence-electron chi connectivity index (χ1n) is 6.09. The molecule has 1 aromatic heterocycles. The van der Waals surface area contributed by atoms with E-state index in [1.54, 1.807) is 24.3 Å². The Kier molecular flexibility index (Phi) is 4.34. The molecule has 0 saturated heterocycles. The van der Waals surface area contributed by atoms with Crippen LogP contribution < -0.4 is 10.9 Å². The molecule has 1 aromatic carbocycles. The van der Waals surface area contributed by atoms with Crippen LogP contribution in [0.25, 0.3) is 11.0 Å². The van der Waals surface area contributed by atoms with E-state index in [0.717, 1.165) is 0 Å². The van der Waals surface area contributed by atoms with Crippen molar-refractivity contribution in [3.63, 3.8) is 0 Å². The number of fused-ring (bicyclic) bond motifs is 1. The van der Waals surface area contributed by atoms with Crippen molar-refractivity contribution >= 4 is 22.8 Å². The molecular formula is C14H13NO6. The number of carbonyl (C=O) groups excluding carboxylic acids is 1. The van der Waals surface area contributed by atoms with Crippen molar-refractivity contribution in [2.75, 3.05) is 13.7 Å². The zero-order valence-electron chi connectivity index (χ0n) is 11.2. The van der Waals surface area contributed by atoms with E-state index in [2.05, 4.69) is 10.1 Å². The van der Waals surface area contributed by atoms with Gasteiger partial charge in [-0.2, -0.15) is 0 Å². The quantitative estimate of drug-likeness (QED) is 0.782. The molecule has 2 rings (SSSR count). The first kappa shape index (κ1) is 14.7. The molecule has 1 heterocycles. The summed E-state index contributed by atoms with van der Waals surface area (Å²) in [4.78, 5) is 34.4. The third kappa shape index (κ3) is 3.26. The number of benzene rings is 1. The van der Waals surface area contributed by atoms with Crippen LogP contribution in [-0.2, 0) is 9.53 Å². The number of nitrogens with one attached hydrogen (secondary N) is 1. The standard InChI is InChI=1S/C14H13NO6/c1-20-11(13(17)18)7-15-12(16)9-6-8-4-2-3-5-10(8)21-14(9)19/h2-6,11H,7H2,1H3,(H,15,16)(H,17,18). The second-order valence-corrected chi connectivity index (χ2v) is 4.26. The first-order valence-corrected chi connectivity index (χ1v) is 6.09. The monoisotopic (exact) mass is 291 g/mol.